The first-order valence-electron chi connectivity index (χ1n) is 6.92. The van der Waals surface area contributed by atoms with E-state index >= 15 is 0 Å². The van der Waals surface area contributed by atoms with Crippen molar-refractivity contribution < 1.29 is 0 Å². The van der Waals surface area contributed by atoms with Crippen molar-refractivity contribution in [2.45, 2.75) is 26.4 Å². The first-order valence-corrected chi connectivity index (χ1v) is 7.29. The molecule has 1 atom stereocenters. The maximum absolute atomic E-state index is 6.26. The summed E-state index contributed by atoms with van der Waals surface area (Å²) in [5.41, 5.74) is 0.969. The van der Waals surface area contributed by atoms with E-state index in [-0.39, 0.29) is 0 Å². The van der Waals surface area contributed by atoms with Gasteiger partial charge in [-0.05, 0) is 33.0 Å². The Bertz CT molecular complexity index is 424. The molecule has 1 aliphatic heterocycles. The highest BCUT2D eigenvalue weighted by Crippen LogP contribution is 2.20. The van der Waals surface area contributed by atoms with E-state index in [1.807, 2.05) is 12.1 Å². The van der Waals surface area contributed by atoms with Crippen molar-refractivity contribution in [2.75, 3.05) is 38.5 Å². The zero-order valence-electron chi connectivity index (χ0n) is 12.0. The van der Waals surface area contributed by atoms with Crippen LogP contribution < -0.4 is 5.32 Å². The van der Waals surface area contributed by atoms with Crippen LogP contribution in [-0.4, -0.2) is 54.1 Å². The summed E-state index contributed by atoms with van der Waals surface area (Å²) in [6.45, 7) is 9.31. The number of likely N-dealkylation sites (N-methyl/N-ethyl adjacent to an activating group) is 1. The second-order valence-corrected chi connectivity index (χ2v) is 5.64. The zero-order chi connectivity index (χ0) is 13.8. The van der Waals surface area contributed by atoms with E-state index in [9.17, 15) is 0 Å². The van der Waals surface area contributed by atoms with E-state index in [4.69, 9.17) is 11.6 Å². The molecule has 1 N–H and O–H groups in total. The number of piperazine rings is 1. The largest absolute Gasteiger partial charge is 0.370 e. The van der Waals surface area contributed by atoms with Crippen LogP contribution in [-0.2, 0) is 6.54 Å². The average molecular weight is 283 g/mol. The smallest absolute Gasteiger partial charge is 0.126 e. The predicted molar refractivity (Wildman–Crippen MR) is 80.8 cm³/mol. The van der Waals surface area contributed by atoms with E-state index in [1.54, 1.807) is 0 Å². The highest BCUT2D eigenvalue weighted by Gasteiger charge is 2.22. The monoisotopic (exact) mass is 282 g/mol. The van der Waals surface area contributed by atoms with Crippen molar-refractivity contribution in [1.82, 2.24) is 14.8 Å². The fourth-order valence-corrected chi connectivity index (χ4v) is 2.64. The van der Waals surface area contributed by atoms with E-state index in [2.05, 4.69) is 41.0 Å². The van der Waals surface area contributed by atoms with Gasteiger partial charge >= 0.3 is 0 Å². The molecule has 1 aromatic heterocycles. The summed E-state index contributed by atoms with van der Waals surface area (Å²) in [4.78, 5) is 9.43. The minimum absolute atomic E-state index is 0.541. The second-order valence-electron chi connectivity index (χ2n) is 5.24. The van der Waals surface area contributed by atoms with Crippen LogP contribution in [0.1, 0.15) is 19.5 Å². The van der Waals surface area contributed by atoms with Gasteiger partial charge in [0.15, 0.2) is 0 Å². The number of pyridine rings is 1. The number of nitrogens with one attached hydrogen (secondary N) is 1. The quantitative estimate of drug-likeness (QED) is 0.918. The average Bonchev–Trinajstić information content (AvgIpc) is 2.37. The maximum atomic E-state index is 6.26. The molecule has 1 unspecified atom stereocenters. The number of halogens is 1. The van der Waals surface area contributed by atoms with Gasteiger partial charge in [0.1, 0.15) is 5.82 Å². The molecule has 0 spiro atoms. The molecular weight excluding hydrogens is 260 g/mol. The summed E-state index contributed by atoms with van der Waals surface area (Å²) in [5, 5.41) is 3.99. The molecule has 1 aliphatic rings. The third kappa shape index (κ3) is 3.81. The molecule has 0 aromatic carbocycles. The normalized spacial score (nSPS) is 21.6. The Morgan fingerprint density at radius 1 is 1.42 bits per heavy atom. The minimum atomic E-state index is 0.541. The standard InChI is InChI=1S/C14H23ClN4/c1-4-16-14-6-5-12(15)13(17-14)10-19-8-7-18(3)9-11(19)2/h5-6,11H,4,7-10H2,1-3H3,(H,16,17). The van der Waals surface area contributed by atoms with Crippen molar-refractivity contribution in [1.29, 1.82) is 0 Å². The number of anilines is 1. The van der Waals surface area contributed by atoms with E-state index in [1.165, 1.54) is 0 Å². The lowest BCUT2D eigenvalue weighted by Crippen LogP contribution is -2.49. The summed E-state index contributed by atoms with van der Waals surface area (Å²) in [6, 6.07) is 4.41. The Morgan fingerprint density at radius 3 is 2.89 bits per heavy atom. The van der Waals surface area contributed by atoms with Crippen LogP contribution in [0.15, 0.2) is 12.1 Å². The Morgan fingerprint density at radius 2 is 2.21 bits per heavy atom. The summed E-state index contributed by atoms with van der Waals surface area (Å²) in [5.74, 6) is 0.906. The maximum Gasteiger partial charge on any atom is 0.126 e. The van der Waals surface area contributed by atoms with Crippen LogP contribution in [0.3, 0.4) is 0 Å². The van der Waals surface area contributed by atoms with Gasteiger partial charge in [-0.1, -0.05) is 11.6 Å². The number of rotatable bonds is 4. The summed E-state index contributed by atoms with van der Waals surface area (Å²) in [7, 11) is 2.17. The number of hydrogen-bond acceptors (Lipinski definition) is 4. The van der Waals surface area contributed by atoms with Crippen LogP contribution in [0.2, 0.25) is 5.02 Å². The lowest BCUT2D eigenvalue weighted by Gasteiger charge is -2.38. The number of aromatic nitrogens is 1. The first kappa shape index (κ1) is 14.6. The van der Waals surface area contributed by atoms with Crippen molar-refractivity contribution >= 4 is 17.4 Å². The zero-order valence-corrected chi connectivity index (χ0v) is 12.7. The summed E-state index contributed by atoms with van der Waals surface area (Å²) < 4.78 is 0. The summed E-state index contributed by atoms with van der Waals surface area (Å²) in [6.07, 6.45) is 0. The van der Waals surface area contributed by atoms with Crippen LogP contribution in [0, 0.1) is 0 Å². The molecule has 0 amide bonds. The van der Waals surface area contributed by atoms with Crippen molar-refractivity contribution in [3.63, 3.8) is 0 Å². The first-order chi connectivity index (χ1) is 9.10. The molecule has 5 heteroatoms. The van der Waals surface area contributed by atoms with Gasteiger partial charge in [-0.2, -0.15) is 0 Å². The van der Waals surface area contributed by atoms with Gasteiger partial charge in [-0.25, -0.2) is 4.98 Å². The third-order valence-electron chi connectivity index (χ3n) is 3.60. The van der Waals surface area contributed by atoms with E-state index in [0.717, 1.165) is 49.3 Å². The molecule has 106 valence electrons. The lowest BCUT2D eigenvalue weighted by molar-refractivity contribution is 0.0928. The van der Waals surface area contributed by atoms with Crippen LogP contribution >= 0.6 is 11.6 Å². The Hall–Kier alpha value is -0.840. The molecule has 2 heterocycles. The van der Waals surface area contributed by atoms with Crippen molar-refractivity contribution in [2.24, 2.45) is 0 Å². The van der Waals surface area contributed by atoms with Crippen molar-refractivity contribution in [3.8, 4) is 0 Å². The van der Waals surface area contributed by atoms with Gasteiger partial charge < -0.3 is 10.2 Å². The van der Waals surface area contributed by atoms with Gasteiger partial charge in [-0.15, -0.1) is 0 Å². The Labute approximate surface area is 120 Å². The highest BCUT2D eigenvalue weighted by molar-refractivity contribution is 6.31. The van der Waals surface area contributed by atoms with Crippen LogP contribution in [0.4, 0.5) is 5.82 Å². The number of nitrogens with zero attached hydrogens (tertiary/aromatic N) is 3. The summed E-state index contributed by atoms with van der Waals surface area (Å²) >= 11 is 6.26. The fourth-order valence-electron chi connectivity index (χ4n) is 2.48. The molecule has 0 radical (unpaired) electrons. The van der Waals surface area contributed by atoms with Crippen LogP contribution in [0.5, 0.6) is 0 Å². The second kappa shape index (κ2) is 6.55. The molecule has 19 heavy (non-hydrogen) atoms. The Balaban J connectivity index is 2.07. The fraction of sp³-hybridized carbons (Fsp3) is 0.643. The van der Waals surface area contributed by atoms with Gasteiger partial charge in [-0.3, -0.25) is 4.90 Å². The highest BCUT2D eigenvalue weighted by atomic mass is 35.5. The van der Waals surface area contributed by atoms with Gasteiger partial charge in [0.05, 0.1) is 10.7 Å². The molecule has 0 bridgehead atoms. The molecule has 2 rings (SSSR count). The van der Waals surface area contributed by atoms with E-state index in [0.29, 0.717) is 6.04 Å². The van der Waals surface area contributed by atoms with Gasteiger partial charge in [0.25, 0.3) is 0 Å². The molecule has 1 saturated heterocycles. The molecular formula is C14H23ClN4. The molecule has 1 fully saturated rings. The van der Waals surface area contributed by atoms with Gasteiger partial charge in [0, 0.05) is 38.8 Å². The lowest BCUT2D eigenvalue weighted by atomic mass is 10.2. The molecule has 4 nitrogen and oxygen atoms in total. The van der Waals surface area contributed by atoms with Crippen molar-refractivity contribution in [3.05, 3.63) is 22.8 Å². The van der Waals surface area contributed by atoms with Crippen LogP contribution in [0.25, 0.3) is 0 Å². The minimum Gasteiger partial charge on any atom is -0.370 e. The number of hydrogen-bond donors (Lipinski definition) is 1. The Kier molecular flexibility index (Phi) is 5.02. The van der Waals surface area contributed by atoms with Gasteiger partial charge in [0.2, 0.25) is 0 Å². The van der Waals surface area contributed by atoms with E-state index < -0.39 is 0 Å². The predicted octanol–water partition coefficient (Wildman–Crippen LogP) is 2.30. The topological polar surface area (TPSA) is 31.4 Å². The molecule has 0 aliphatic carbocycles. The third-order valence-corrected chi connectivity index (χ3v) is 3.94. The molecule has 0 saturated carbocycles. The SMILES string of the molecule is CCNc1ccc(Cl)c(CN2CCN(C)CC2C)n1. The molecule has 1 aromatic rings.